The van der Waals surface area contributed by atoms with Crippen LogP contribution in [-0.4, -0.2) is 15.7 Å². The predicted octanol–water partition coefficient (Wildman–Crippen LogP) is 4.11. The van der Waals surface area contributed by atoms with E-state index in [1.54, 1.807) is 29.1 Å². The number of benzene rings is 1. The molecule has 0 fully saturated rings. The van der Waals surface area contributed by atoms with E-state index in [0.717, 1.165) is 10.6 Å². The van der Waals surface area contributed by atoms with E-state index in [-0.39, 0.29) is 5.91 Å². The van der Waals surface area contributed by atoms with Crippen molar-refractivity contribution >= 4 is 29.1 Å². The quantitative estimate of drug-likeness (QED) is 0.735. The summed E-state index contributed by atoms with van der Waals surface area (Å²) in [6, 6.07) is 16.1. The van der Waals surface area contributed by atoms with E-state index in [2.05, 4.69) is 28.6 Å². The van der Waals surface area contributed by atoms with Crippen LogP contribution in [0.15, 0.2) is 54.6 Å². The van der Waals surface area contributed by atoms with Crippen molar-refractivity contribution in [2.45, 2.75) is 6.92 Å². The molecule has 3 aromatic rings. The molecule has 0 unspecified atom stereocenters. The summed E-state index contributed by atoms with van der Waals surface area (Å²) >= 11 is 1.66. The lowest BCUT2D eigenvalue weighted by molar-refractivity contribution is -0.111. The fraction of sp³-hybridized carbons (Fsp3) is 0.111. The van der Waals surface area contributed by atoms with Crippen LogP contribution in [0, 0.1) is 6.92 Å². The zero-order valence-electron chi connectivity index (χ0n) is 13.0. The smallest absolute Gasteiger partial charge is 0.249 e. The molecule has 0 aliphatic heterocycles. The number of hydrogen-bond donors (Lipinski definition) is 1. The third-order valence-corrected chi connectivity index (χ3v) is 4.44. The highest BCUT2D eigenvalue weighted by atomic mass is 32.1. The van der Waals surface area contributed by atoms with Crippen LogP contribution < -0.4 is 5.32 Å². The second-order valence-electron chi connectivity index (χ2n) is 5.19. The molecule has 5 heteroatoms. The number of anilines is 1. The maximum atomic E-state index is 12.0. The predicted molar refractivity (Wildman–Crippen MR) is 95.4 cm³/mol. The lowest BCUT2D eigenvalue weighted by Crippen LogP contribution is -2.11. The van der Waals surface area contributed by atoms with Crippen LogP contribution in [0.4, 0.5) is 5.82 Å². The minimum absolute atomic E-state index is 0.164. The molecule has 1 N–H and O–H groups in total. The van der Waals surface area contributed by atoms with E-state index in [1.807, 2.05) is 43.3 Å². The van der Waals surface area contributed by atoms with Crippen LogP contribution >= 0.6 is 11.3 Å². The average Bonchev–Trinajstić information content (AvgIpc) is 3.13. The summed E-state index contributed by atoms with van der Waals surface area (Å²) in [5.74, 6) is 0.524. The van der Waals surface area contributed by atoms with E-state index in [1.165, 1.54) is 10.4 Å². The Morgan fingerprint density at radius 2 is 2.00 bits per heavy atom. The minimum Gasteiger partial charge on any atom is -0.307 e. The molecule has 1 aromatic carbocycles. The largest absolute Gasteiger partial charge is 0.307 e. The summed E-state index contributed by atoms with van der Waals surface area (Å²) in [5, 5.41) is 7.02. The minimum atomic E-state index is -0.164. The summed E-state index contributed by atoms with van der Waals surface area (Å²) in [6.45, 7) is 1.89. The Morgan fingerprint density at radius 3 is 2.70 bits per heavy atom. The van der Waals surface area contributed by atoms with Gasteiger partial charge < -0.3 is 5.32 Å². The molecule has 0 aliphatic carbocycles. The Morgan fingerprint density at radius 1 is 1.22 bits per heavy atom. The fourth-order valence-corrected chi connectivity index (χ4v) is 3.17. The number of carbonyl (C=O) groups is 1. The van der Waals surface area contributed by atoms with E-state index >= 15 is 0 Å². The van der Waals surface area contributed by atoms with Gasteiger partial charge in [-0.05, 0) is 30.7 Å². The standard InChI is InChI=1S/C18H17N3OS/c1-13-12-17(21(2)20-13)19-18(22)11-9-15-8-10-16(23-15)14-6-4-3-5-7-14/h3-12H,1-2H3,(H,19,22)/b11-9+. The molecule has 0 saturated carbocycles. The highest BCUT2D eigenvalue weighted by Gasteiger charge is 2.05. The molecular weight excluding hydrogens is 306 g/mol. The monoisotopic (exact) mass is 323 g/mol. The molecule has 116 valence electrons. The zero-order valence-corrected chi connectivity index (χ0v) is 13.8. The molecule has 2 aromatic heterocycles. The van der Waals surface area contributed by atoms with E-state index in [0.29, 0.717) is 5.82 Å². The van der Waals surface area contributed by atoms with Gasteiger partial charge in [-0.2, -0.15) is 5.10 Å². The van der Waals surface area contributed by atoms with Gasteiger partial charge in [-0.15, -0.1) is 11.3 Å². The summed E-state index contributed by atoms with van der Waals surface area (Å²) in [6.07, 6.45) is 3.37. The van der Waals surface area contributed by atoms with Crippen LogP contribution in [-0.2, 0) is 11.8 Å². The van der Waals surface area contributed by atoms with Crippen molar-refractivity contribution in [1.82, 2.24) is 9.78 Å². The third-order valence-electron chi connectivity index (χ3n) is 3.34. The summed E-state index contributed by atoms with van der Waals surface area (Å²) in [4.78, 5) is 14.2. The number of rotatable bonds is 4. The van der Waals surface area contributed by atoms with Crippen molar-refractivity contribution in [2.75, 3.05) is 5.32 Å². The average molecular weight is 323 g/mol. The van der Waals surface area contributed by atoms with Crippen LogP contribution in [0.3, 0.4) is 0 Å². The van der Waals surface area contributed by atoms with Crippen molar-refractivity contribution in [3.05, 3.63) is 65.2 Å². The fourth-order valence-electron chi connectivity index (χ4n) is 2.25. The summed E-state index contributed by atoms with van der Waals surface area (Å²) in [7, 11) is 1.80. The number of amides is 1. The van der Waals surface area contributed by atoms with Gasteiger partial charge in [0.15, 0.2) is 0 Å². The molecule has 2 heterocycles. The Bertz CT molecular complexity index is 846. The Hall–Kier alpha value is -2.66. The Balaban J connectivity index is 1.67. The lowest BCUT2D eigenvalue weighted by Gasteiger charge is -2.00. The molecule has 1 amide bonds. The molecule has 23 heavy (non-hydrogen) atoms. The first-order valence-electron chi connectivity index (χ1n) is 7.27. The zero-order chi connectivity index (χ0) is 16.2. The van der Waals surface area contributed by atoms with Crippen molar-refractivity contribution < 1.29 is 4.79 Å². The Kier molecular flexibility index (Phi) is 4.39. The van der Waals surface area contributed by atoms with Crippen LogP contribution in [0.5, 0.6) is 0 Å². The number of carbonyl (C=O) groups excluding carboxylic acids is 1. The van der Waals surface area contributed by atoms with Crippen LogP contribution in [0.1, 0.15) is 10.6 Å². The Labute approximate surface area is 139 Å². The highest BCUT2D eigenvalue weighted by molar-refractivity contribution is 7.16. The van der Waals surface area contributed by atoms with Crippen LogP contribution in [0.2, 0.25) is 0 Å². The van der Waals surface area contributed by atoms with Gasteiger partial charge in [-0.25, -0.2) is 0 Å². The van der Waals surface area contributed by atoms with Gasteiger partial charge in [0.25, 0.3) is 0 Å². The molecular formula is C18H17N3OS. The highest BCUT2D eigenvalue weighted by Crippen LogP contribution is 2.28. The first-order valence-corrected chi connectivity index (χ1v) is 8.08. The first-order chi connectivity index (χ1) is 11.1. The van der Waals surface area contributed by atoms with Gasteiger partial charge in [0.1, 0.15) is 5.82 Å². The molecule has 0 saturated heterocycles. The maximum Gasteiger partial charge on any atom is 0.249 e. The van der Waals surface area contributed by atoms with E-state index in [9.17, 15) is 4.79 Å². The number of nitrogens with zero attached hydrogens (tertiary/aromatic N) is 2. The van der Waals surface area contributed by atoms with Gasteiger partial charge in [0.2, 0.25) is 5.91 Å². The van der Waals surface area contributed by atoms with Crippen LogP contribution in [0.25, 0.3) is 16.5 Å². The normalized spacial score (nSPS) is 11.0. The second-order valence-corrected chi connectivity index (χ2v) is 6.30. The number of nitrogens with one attached hydrogen (secondary N) is 1. The number of hydrogen-bond acceptors (Lipinski definition) is 3. The molecule has 4 nitrogen and oxygen atoms in total. The molecule has 3 rings (SSSR count). The van der Waals surface area contributed by atoms with Gasteiger partial charge in [-0.1, -0.05) is 30.3 Å². The van der Waals surface area contributed by atoms with Gasteiger partial charge >= 0.3 is 0 Å². The van der Waals surface area contributed by atoms with Gasteiger partial charge in [0.05, 0.1) is 5.69 Å². The van der Waals surface area contributed by atoms with Gasteiger partial charge in [0, 0.05) is 28.9 Å². The number of thiophene rings is 1. The molecule has 0 radical (unpaired) electrons. The van der Waals surface area contributed by atoms with Crippen molar-refractivity contribution in [1.29, 1.82) is 0 Å². The molecule has 0 bridgehead atoms. The molecule has 0 spiro atoms. The SMILES string of the molecule is Cc1cc(NC(=O)/C=C/c2ccc(-c3ccccc3)s2)n(C)n1. The van der Waals surface area contributed by atoms with Crippen molar-refractivity contribution in [2.24, 2.45) is 7.05 Å². The van der Waals surface area contributed by atoms with E-state index in [4.69, 9.17) is 0 Å². The third kappa shape index (κ3) is 3.76. The van der Waals surface area contributed by atoms with Gasteiger partial charge in [-0.3, -0.25) is 9.48 Å². The lowest BCUT2D eigenvalue weighted by atomic mass is 10.2. The van der Waals surface area contributed by atoms with Crippen molar-refractivity contribution in [3.8, 4) is 10.4 Å². The summed E-state index contributed by atoms with van der Waals surface area (Å²) < 4.78 is 1.65. The van der Waals surface area contributed by atoms with Crippen molar-refractivity contribution in [3.63, 3.8) is 0 Å². The molecule has 0 atom stereocenters. The summed E-state index contributed by atoms with van der Waals surface area (Å²) in [5.41, 5.74) is 2.06. The molecule has 0 aliphatic rings. The number of aryl methyl sites for hydroxylation is 2. The topological polar surface area (TPSA) is 46.9 Å². The number of aromatic nitrogens is 2. The first kappa shape index (κ1) is 15.2. The maximum absolute atomic E-state index is 12.0. The van der Waals surface area contributed by atoms with E-state index < -0.39 is 0 Å². The second kappa shape index (κ2) is 6.62.